The fraction of sp³-hybridized carbons (Fsp3) is 0.200. The minimum absolute atomic E-state index is 0.177. The molecule has 0 aliphatic heterocycles. The molecule has 0 saturated carbocycles. The summed E-state index contributed by atoms with van der Waals surface area (Å²) in [6.45, 7) is -0.342. The lowest BCUT2D eigenvalue weighted by Gasteiger charge is -2.10. The van der Waals surface area contributed by atoms with E-state index >= 15 is 0 Å². The van der Waals surface area contributed by atoms with Crippen LogP contribution >= 0.6 is 0 Å². The maximum Gasteiger partial charge on any atom is 0.358 e. The molecule has 0 saturated heterocycles. The van der Waals surface area contributed by atoms with Crippen LogP contribution in [-0.4, -0.2) is 44.4 Å². The fourth-order valence-corrected chi connectivity index (χ4v) is 2.83. The van der Waals surface area contributed by atoms with Crippen molar-refractivity contribution < 1.29 is 28.5 Å². The van der Waals surface area contributed by atoms with Gasteiger partial charge in [0.2, 0.25) is 0 Å². The first-order valence-corrected chi connectivity index (χ1v) is 8.16. The number of fused-ring (bicyclic) bond motifs is 1. The number of ether oxygens (including phenoxy) is 4. The van der Waals surface area contributed by atoms with E-state index in [9.17, 15) is 9.59 Å². The zero-order valence-electron chi connectivity index (χ0n) is 15.2. The van der Waals surface area contributed by atoms with Crippen LogP contribution in [0.2, 0.25) is 0 Å². The third kappa shape index (κ3) is 3.44. The lowest BCUT2D eigenvalue weighted by atomic mass is 10.2. The molecule has 0 amide bonds. The topological polar surface area (TPSA) is 76.0 Å². The molecule has 0 aliphatic rings. The van der Waals surface area contributed by atoms with Gasteiger partial charge in [0, 0.05) is 11.1 Å². The first kappa shape index (κ1) is 18.3. The van der Waals surface area contributed by atoms with Crippen LogP contribution in [0.25, 0.3) is 16.6 Å². The van der Waals surface area contributed by atoms with E-state index in [1.807, 2.05) is 36.4 Å². The van der Waals surface area contributed by atoms with Crippen LogP contribution in [0, 0.1) is 0 Å². The van der Waals surface area contributed by atoms with Gasteiger partial charge in [0.15, 0.2) is 18.1 Å². The van der Waals surface area contributed by atoms with Crippen molar-refractivity contribution in [3.8, 4) is 17.2 Å². The predicted molar refractivity (Wildman–Crippen MR) is 98.7 cm³/mol. The van der Waals surface area contributed by atoms with Crippen molar-refractivity contribution in [2.24, 2.45) is 0 Å². The van der Waals surface area contributed by atoms with Gasteiger partial charge in [-0.25, -0.2) is 9.59 Å². The molecule has 0 bridgehead atoms. The Labute approximate surface area is 156 Å². The summed E-state index contributed by atoms with van der Waals surface area (Å²) >= 11 is 0. The van der Waals surface area contributed by atoms with Crippen molar-refractivity contribution in [2.45, 2.75) is 0 Å². The van der Waals surface area contributed by atoms with Crippen molar-refractivity contribution in [1.29, 1.82) is 0 Å². The number of para-hydroxylation sites is 1. The van der Waals surface area contributed by atoms with Gasteiger partial charge in [-0.2, -0.15) is 0 Å². The van der Waals surface area contributed by atoms with E-state index in [0.717, 1.165) is 5.69 Å². The van der Waals surface area contributed by atoms with Crippen LogP contribution in [-0.2, 0) is 14.3 Å². The summed E-state index contributed by atoms with van der Waals surface area (Å²) in [6, 6.07) is 14.7. The monoisotopic (exact) mass is 369 g/mol. The van der Waals surface area contributed by atoms with Gasteiger partial charge in [0.1, 0.15) is 5.75 Å². The molecule has 0 fully saturated rings. The van der Waals surface area contributed by atoms with Gasteiger partial charge in [0.05, 0.1) is 26.8 Å². The summed E-state index contributed by atoms with van der Waals surface area (Å²) in [5.41, 5.74) is 1.64. The molecule has 0 spiro atoms. The van der Waals surface area contributed by atoms with Crippen molar-refractivity contribution in [3.05, 3.63) is 54.2 Å². The van der Waals surface area contributed by atoms with Gasteiger partial charge in [-0.1, -0.05) is 18.2 Å². The molecule has 2 aromatic carbocycles. The molecular formula is C20H19NO6. The van der Waals surface area contributed by atoms with Gasteiger partial charge in [-0.15, -0.1) is 0 Å². The first-order chi connectivity index (χ1) is 13.1. The Hall–Kier alpha value is -3.48. The third-order valence-corrected chi connectivity index (χ3v) is 4.08. The van der Waals surface area contributed by atoms with Gasteiger partial charge in [-0.05, 0) is 30.3 Å². The average Bonchev–Trinajstić information content (AvgIpc) is 3.05. The van der Waals surface area contributed by atoms with E-state index in [-0.39, 0.29) is 18.1 Å². The zero-order valence-corrected chi connectivity index (χ0v) is 15.2. The highest BCUT2D eigenvalue weighted by Crippen LogP contribution is 2.38. The number of rotatable bonds is 6. The van der Waals surface area contributed by atoms with E-state index in [4.69, 9.17) is 14.2 Å². The van der Waals surface area contributed by atoms with E-state index in [2.05, 4.69) is 4.74 Å². The molecule has 1 aromatic heterocycles. The molecule has 27 heavy (non-hydrogen) atoms. The number of carbonyl (C=O) groups excluding carboxylic acids is 2. The summed E-state index contributed by atoms with van der Waals surface area (Å²) in [4.78, 5) is 24.2. The number of benzene rings is 2. The molecule has 1 heterocycles. The van der Waals surface area contributed by atoms with Crippen LogP contribution in [0.15, 0.2) is 48.5 Å². The predicted octanol–water partition coefficient (Wildman–Crippen LogP) is 2.98. The van der Waals surface area contributed by atoms with Crippen molar-refractivity contribution in [1.82, 2.24) is 4.57 Å². The molecule has 140 valence electrons. The zero-order chi connectivity index (χ0) is 19.4. The Morgan fingerprint density at radius 2 is 1.70 bits per heavy atom. The van der Waals surface area contributed by atoms with Crippen molar-refractivity contribution in [3.63, 3.8) is 0 Å². The first-order valence-electron chi connectivity index (χ1n) is 8.16. The number of aromatic nitrogens is 1. The highest BCUT2D eigenvalue weighted by Gasteiger charge is 2.27. The molecule has 3 rings (SSSR count). The maximum atomic E-state index is 12.6. The molecule has 0 atom stereocenters. The van der Waals surface area contributed by atoms with Crippen molar-refractivity contribution in [2.75, 3.05) is 27.9 Å². The smallest absolute Gasteiger partial charge is 0.358 e. The van der Waals surface area contributed by atoms with Crippen molar-refractivity contribution >= 4 is 22.8 Å². The second kappa shape index (κ2) is 7.82. The Kier molecular flexibility index (Phi) is 5.30. The third-order valence-electron chi connectivity index (χ3n) is 4.08. The molecular weight excluding hydrogens is 350 g/mol. The molecule has 0 aliphatic carbocycles. The summed E-state index contributed by atoms with van der Waals surface area (Å²) < 4.78 is 22.3. The summed E-state index contributed by atoms with van der Waals surface area (Å²) in [6.07, 6.45) is 0. The summed E-state index contributed by atoms with van der Waals surface area (Å²) in [5.74, 6) is -0.333. The highest BCUT2D eigenvalue weighted by molar-refractivity contribution is 6.03. The largest absolute Gasteiger partial charge is 0.497 e. The van der Waals surface area contributed by atoms with Crippen LogP contribution in [0.5, 0.6) is 11.5 Å². The van der Waals surface area contributed by atoms with Crippen LogP contribution in [0.3, 0.4) is 0 Å². The van der Waals surface area contributed by atoms with E-state index in [1.54, 1.807) is 23.8 Å². The Morgan fingerprint density at radius 1 is 0.963 bits per heavy atom. The number of hydrogen-bond acceptors (Lipinski definition) is 6. The van der Waals surface area contributed by atoms with Gasteiger partial charge >= 0.3 is 11.9 Å². The van der Waals surface area contributed by atoms with Gasteiger partial charge in [0.25, 0.3) is 0 Å². The number of nitrogens with zero attached hydrogens (tertiary/aromatic N) is 1. The molecule has 0 unspecified atom stereocenters. The second-order valence-electron chi connectivity index (χ2n) is 5.59. The van der Waals surface area contributed by atoms with E-state index in [1.165, 1.54) is 14.2 Å². The molecule has 3 aromatic rings. The number of carbonyl (C=O) groups is 2. The van der Waals surface area contributed by atoms with Crippen LogP contribution < -0.4 is 9.47 Å². The second-order valence-corrected chi connectivity index (χ2v) is 5.59. The highest BCUT2D eigenvalue weighted by atomic mass is 16.6. The fourth-order valence-electron chi connectivity index (χ4n) is 2.83. The summed E-state index contributed by atoms with van der Waals surface area (Å²) in [5, 5.41) is 0.613. The lowest BCUT2D eigenvalue weighted by Crippen LogP contribution is -2.15. The number of hydrogen-bond donors (Lipinski definition) is 0. The van der Waals surface area contributed by atoms with Crippen LogP contribution in [0.1, 0.15) is 10.5 Å². The number of esters is 2. The minimum atomic E-state index is -0.589. The van der Waals surface area contributed by atoms with E-state index in [0.29, 0.717) is 16.7 Å². The SMILES string of the molecule is COC(=O)COc1c(C(=O)OC)n(-c2ccccc2)c2ccc(OC)cc12. The van der Waals surface area contributed by atoms with E-state index < -0.39 is 11.9 Å². The standard InChI is InChI=1S/C20H19NO6/c1-24-14-9-10-16-15(11-14)19(27-12-17(22)25-2)18(20(23)26-3)21(16)13-7-5-4-6-8-13/h4-11H,12H2,1-3H3. The quantitative estimate of drug-likeness (QED) is 0.622. The minimum Gasteiger partial charge on any atom is -0.497 e. The lowest BCUT2D eigenvalue weighted by molar-refractivity contribution is -0.142. The average molecular weight is 369 g/mol. The maximum absolute atomic E-state index is 12.6. The van der Waals surface area contributed by atoms with Crippen LogP contribution in [0.4, 0.5) is 0 Å². The van der Waals surface area contributed by atoms with Gasteiger partial charge < -0.3 is 23.5 Å². The molecule has 7 nitrogen and oxygen atoms in total. The number of methoxy groups -OCH3 is 3. The normalized spacial score (nSPS) is 10.5. The Morgan fingerprint density at radius 3 is 2.33 bits per heavy atom. The molecule has 7 heteroatoms. The molecule has 0 N–H and O–H groups in total. The Balaban J connectivity index is 2.31. The Bertz CT molecular complexity index is 977. The van der Waals surface area contributed by atoms with Gasteiger partial charge in [-0.3, -0.25) is 0 Å². The summed E-state index contributed by atoms with van der Waals surface area (Å²) in [7, 11) is 4.11. The molecule has 0 radical (unpaired) electrons.